The molecule has 0 aliphatic rings. The van der Waals surface area contributed by atoms with E-state index >= 15 is 0 Å². The van der Waals surface area contributed by atoms with Gasteiger partial charge in [0.05, 0.1) is 15.9 Å². The van der Waals surface area contributed by atoms with Crippen LogP contribution < -0.4 is 5.32 Å². The third kappa shape index (κ3) is 4.10. The van der Waals surface area contributed by atoms with E-state index in [1.54, 1.807) is 24.4 Å². The zero-order chi connectivity index (χ0) is 20.4. The fourth-order valence-corrected chi connectivity index (χ4v) is 4.12. The minimum absolute atomic E-state index is 0.00774. The standard InChI is InChI=1S/C18H14N6O3S2/c1-11(29-18-22-21-15-7-2-3-8-23(15)18)16(25)20-17-19-14(10-28-17)12-5-4-6-13(9-12)24(26)27/h2-11H,1H3,(H,19,20,25)/t11-/m1/s1. The van der Waals surface area contributed by atoms with E-state index in [1.165, 1.54) is 35.2 Å². The van der Waals surface area contributed by atoms with Crippen LogP contribution in [0.4, 0.5) is 10.8 Å². The van der Waals surface area contributed by atoms with Crippen molar-refractivity contribution in [1.82, 2.24) is 19.6 Å². The fraction of sp³-hybridized carbons (Fsp3) is 0.111. The van der Waals surface area contributed by atoms with Gasteiger partial charge in [-0.25, -0.2) is 4.98 Å². The van der Waals surface area contributed by atoms with Crippen LogP contribution in [0.25, 0.3) is 16.9 Å². The number of benzene rings is 1. The molecule has 11 heteroatoms. The van der Waals surface area contributed by atoms with Gasteiger partial charge in [-0.2, -0.15) is 0 Å². The summed E-state index contributed by atoms with van der Waals surface area (Å²) in [5, 5.41) is 24.3. The van der Waals surface area contributed by atoms with E-state index in [1.807, 2.05) is 28.8 Å². The van der Waals surface area contributed by atoms with Crippen molar-refractivity contribution in [3.8, 4) is 11.3 Å². The summed E-state index contributed by atoms with van der Waals surface area (Å²) in [6.07, 6.45) is 1.84. The summed E-state index contributed by atoms with van der Waals surface area (Å²) in [6, 6.07) is 11.8. The molecule has 3 heterocycles. The first-order valence-electron chi connectivity index (χ1n) is 8.49. The highest BCUT2D eigenvalue weighted by Crippen LogP contribution is 2.28. The van der Waals surface area contributed by atoms with Gasteiger partial charge in [0.1, 0.15) is 0 Å². The first kappa shape index (κ1) is 19.0. The highest BCUT2D eigenvalue weighted by molar-refractivity contribution is 8.00. The van der Waals surface area contributed by atoms with Crippen LogP contribution >= 0.6 is 23.1 Å². The first-order valence-corrected chi connectivity index (χ1v) is 10.2. The quantitative estimate of drug-likeness (QED) is 0.283. The number of nitro groups is 1. The minimum Gasteiger partial charge on any atom is -0.301 e. The van der Waals surface area contributed by atoms with Gasteiger partial charge in [-0.15, -0.1) is 21.5 Å². The van der Waals surface area contributed by atoms with Crippen LogP contribution in [-0.4, -0.2) is 35.7 Å². The zero-order valence-corrected chi connectivity index (χ0v) is 16.7. The van der Waals surface area contributed by atoms with Crippen LogP contribution in [0.1, 0.15) is 6.92 Å². The zero-order valence-electron chi connectivity index (χ0n) is 15.1. The van der Waals surface area contributed by atoms with E-state index in [9.17, 15) is 14.9 Å². The number of fused-ring (bicyclic) bond motifs is 1. The van der Waals surface area contributed by atoms with Crippen molar-refractivity contribution in [1.29, 1.82) is 0 Å². The maximum Gasteiger partial charge on any atom is 0.270 e. The molecule has 3 aromatic heterocycles. The number of rotatable bonds is 6. The summed E-state index contributed by atoms with van der Waals surface area (Å²) in [4.78, 5) is 27.4. The molecule has 0 radical (unpaired) electrons. The molecule has 0 bridgehead atoms. The lowest BCUT2D eigenvalue weighted by molar-refractivity contribution is -0.384. The van der Waals surface area contributed by atoms with Gasteiger partial charge in [-0.05, 0) is 19.1 Å². The Balaban J connectivity index is 1.45. The van der Waals surface area contributed by atoms with E-state index in [0.29, 0.717) is 27.2 Å². The van der Waals surface area contributed by atoms with E-state index in [-0.39, 0.29) is 11.6 Å². The molecule has 146 valence electrons. The Labute approximate surface area is 173 Å². The number of nitrogens with one attached hydrogen (secondary N) is 1. The number of amides is 1. The molecule has 1 aromatic carbocycles. The first-order chi connectivity index (χ1) is 14.0. The molecule has 0 aliphatic carbocycles. The van der Waals surface area contributed by atoms with E-state index in [2.05, 4.69) is 20.5 Å². The average Bonchev–Trinajstić information content (AvgIpc) is 3.35. The molecule has 0 saturated carbocycles. The van der Waals surface area contributed by atoms with Crippen LogP contribution in [0.3, 0.4) is 0 Å². The lowest BCUT2D eigenvalue weighted by Crippen LogP contribution is -2.22. The monoisotopic (exact) mass is 426 g/mol. The topological polar surface area (TPSA) is 115 Å². The van der Waals surface area contributed by atoms with Crippen LogP contribution in [0.15, 0.2) is 59.2 Å². The smallest absolute Gasteiger partial charge is 0.270 e. The minimum atomic E-state index is -0.453. The van der Waals surface area contributed by atoms with Crippen molar-refractivity contribution in [3.05, 3.63) is 64.2 Å². The second-order valence-corrected chi connectivity index (χ2v) is 8.17. The number of pyridine rings is 1. The maximum absolute atomic E-state index is 12.6. The van der Waals surface area contributed by atoms with Crippen molar-refractivity contribution in [2.24, 2.45) is 0 Å². The summed E-state index contributed by atoms with van der Waals surface area (Å²) in [6.45, 7) is 1.78. The van der Waals surface area contributed by atoms with Crippen LogP contribution in [0, 0.1) is 10.1 Å². The van der Waals surface area contributed by atoms with Gasteiger partial charge in [-0.1, -0.05) is 30.0 Å². The lowest BCUT2D eigenvalue weighted by atomic mass is 10.1. The van der Waals surface area contributed by atoms with Gasteiger partial charge < -0.3 is 5.32 Å². The van der Waals surface area contributed by atoms with Crippen LogP contribution in [0.5, 0.6) is 0 Å². The molecule has 9 nitrogen and oxygen atoms in total. The number of non-ortho nitro benzene ring substituents is 1. The number of carbonyl (C=O) groups is 1. The predicted octanol–water partition coefficient (Wildman–Crippen LogP) is 3.88. The molecule has 0 spiro atoms. The second kappa shape index (κ2) is 7.97. The van der Waals surface area contributed by atoms with E-state index in [4.69, 9.17) is 0 Å². The number of thiazole rings is 1. The molecule has 0 saturated heterocycles. The average molecular weight is 426 g/mol. The molecule has 1 N–H and O–H groups in total. The van der Waals surface area contributed by atoms with E-state index < -0.39 is 10.2 Å². The van der Waals surface area contributed by atoms with Crippen molar-refractivity contribution in [3.63, 3.8) is 0 Å². The third-order valence-electron chi connectivity index (χ3n) is 4.02. The van der Waals surface area contributed by atoms with Gasteiger partial charge in [-0.3, -0.25) is 19.3 Å². The molecule has 1 atom stereocenters. The molecule has 1 amide bonds. The summed E-state index contributed by atoms with van der Waals surface area (Å²) in [5.41, 5.74) is 1.89. The molecule has 29 heavy (non-hydrogen) atoms. The highest BCUT2D eigenvalue weighted by atomic mass is 32.2. The highest BCUT2D eigenvalue weighted by Gasteiger charge is 2.19. The van der Waals surface area contributed by atoms with Gasteiger partial charge in [0.25, 0.3) is 5.69 Å². The molecule has 4 aromatic rings. The Morgan fingerprint density at radius 3 is 2.97 bits per heavy atom. The van der Waals surface area contributed by atoms with Crippen molar-refractivity contribution in [2.75, 3.05) is 5.32 Å². The normalized spacial score (nSPS) is 12.0. The maximum atomic E-state index is 12.6. The number of hydrogen-bond acceptors (Lipinski definition) is 8. The van der Waals surface area contributed by atoms with Crippen molar-refractivity contribution in [2.45, 2.75) is 17.3 Å². The van der Waals surface area contributed by atoms with Gasteiger partial charge in [0.2, 0.25) is 5.91 Å². The Hall–Kier alpha value is -3.31. The summed E-state index contributed by atoms with van der Waals surface area (Å²) >= 11 is 2.55. The molecular weight excluding hydrogens is 412 g/mol. The number of aromatic nitrogens is 4. The number of hydrogen-bond donors (Lipinski definition) is 1. The van der Waals surface area contributed by atoms with Crippen molar-refractivity contribution >= 4 is 45.5 Å². The Morgan fingerprint density at radius 2 is 2.14 bits per heavy atom. The molecule has 0 fully saturated rings. The number of anilines is 1. The van der Waals surface area contributed by atoms with Crippen LogP contribution in [-0.2, 0) is 4.79 Å². The van der Waals surface area contributed by atoms with E-state index in [0.717, 1.165) is 0 Å². The SMILES string of the molecule is C[C@@H](Sc1nnc2ccccn12)C(=O)Nc1nc(-c2cccc([N+](=O)[O-])c2)cs1. The van der Waals surface area contributed by atoms with Gasteiger partial charge >= 0.3 is 0 Å². The molecule has 0 aliphatic heterocycles. The van der Waals surface area contributed by atoms with Gasteiger partial charge in [0.15, 0.2) is 15.9 Å². The Morgan fingerprint density at radius 1 is 1.28 bits per heavy atom. The predicted molar refractivity (Wildman–Crippen MR) is 111 cm³/mol. The molecular formula is C18H14N6O3S2. The van der Waals surface area contributed by atoms with Crippen LogP contribution in [0.2, 0.25) is 0 Å². The summed E-state index contributed by atoms with van der Waals surface area (Å²) < 4.78 is 1.82. The number of carbonyl (C=O) groups excluding carboxylic acids is 1. The molecule has 4 rings (SSSR count). The molecule has 0 unspecified atom stereocenters. The second-order valence-electron chi connectivity index (χ2n) is 6.01. The Kier molecular flexibility index (Phi) is 5.23. The summed E-state index contributed by atoms with van der Waals surface area (Å²) in [5.74, 6) is -0.220. The fourth-order valence-electron chi connectivity index (χ4n) is 2.56. The largest absolute Gasteiger partial charge is 0.301 e. The van der Waals surface area contributed by atoms with Gasteiger partial charge in [0, 0.05) is 29.3 Å². The summed E-state index contributed by atoms with van der Waals surface area (Å²) in [7, 11) is 0. The lowest BCUT2D eigenvalue weighted by Gasteiger charge is -2.09. The van der Waals surface area contributed by atoms with Crippen molar-refractivity contribution < 1.29 is 9.72 Å². The number of thioether (sulfide) groups is 1. The third-order valence-corrected chi connectivity index (χ3v) is 5.84. The number of nitrogens with zero attached hydrogens (tertiary/aromatic N) is 5. The Bertz CT molecular complexity index is 1210. The number of nitro benzene ring substituents is 1.